The van der Waals surface area contributed by atoms with Crippen LogP contribution in [0.3, 0.4) is 0 Å². The van der Waals surface area contributed by atoms with Crippen molar-refractivity contribution in [2.24, 2.45) is 0 Å². The number of benzene rings is 2. The van der Waals surface area contributed by atoms with Crippen LogP contribution in [0.1, 0.15) is 33.3 Å². The van der Waals surface area contributed by atoms with Crippen molar-refractivity contribution in [2.45, 2.75) is 49.7 Å². The summed E-state index contributed by atoms with van der Waals surface area (Å²) < 4.78 is 28.9. The molecule has 0 saturated heterocycles. The van der Waals surface area contributed by atoms with Gasteiger partial charge in [-0.3, -0.25) is 9.52 Å². The van der Waals surface area contributed by atoms with E-state index in [1.807, 2.05) is 19.1 Å². The van der Waals surface area contributed by atoms with Gasteiger partial charge in [0.15, 0.2) is 0 Å². The third kappa shape index (κ3) is 4.59. The molecule has 1 aliphatic heterocycles. The van der Waals surface area contributed by atoms with Crippen LogP contribution in [0.15, 0.2) is 46.2 Å². The molecule has 0 spiro atoms. The van der Waals surface area contributed by atoms with Crippen molar-refractivity contribution in [2.75, 3.05) is 34.2 Å². The number of anilines is 3. The molecule has 0 aromatic heterocycles. The number of thioether (sulfide) groups is 1. The highest BCUT2D eigenvalue weighted by Crippen LogP contribution is 2.40. The molecule has 0 radical (unpaired) electrons. The van der Waals surface area contributed by atoms with Gasteiger partial charge in [-0.15, -0.1) is 11.8 Å². The number of hydrogen-bond acceptors (Lipinski definition) is 5. The van der Waals surface area contributed by atoms with Gasteiger partial charge in [0.2, 0.25) is 5.91 Å². The average molecular weight is 448 g/mol. The van der Waals surface area contributed by atoms with Crippen molar-refractivity contribution in [1.82, 2.24) is 0 Å². The van der Waals surface area contributed by atoms with E-state index in [1.54, 1.807) is 40.9 Å². The van der Waals surface area contributed by atoms with Crippen LogP contribution < -0.4 is 14.5 Å². The smallest absolute Gasteiger partial charge is 0.261 e. The van der Waals surface area contributed by atoms with Gasteiger partial charge in [0.25, 0.3) is 10.0 Å². The van der Waals surface area contributed by atoms with E-state index in [2.05, 4.69) is 30.4 Å². The van der Waals surface area contributed by atoms with E-state index in [4.69, 9.17) is 0 Å². The number of carbonyl (C=O) groups is 1. The summed E-state index contributed by atoms with van der Waals surface area (Å²) in [6, 6.07) is 10.7. The topological polar surface area (TPSA) is 69.7 Å². The molecule has 30 heavy (non-hydrogen) atoms. The zero-order valence-electron chi connectivity index (χ0n) is 18.1. The lowest BCUT2D eigenvalue weighted by atomic mass is 10.1. The molecular weight excluding hydrogens is 418 g/mol. The van der Waals surface area contributed by atoms with E-state index >= 15 is 0 Å². The summed E-state index contributed by atoms with van der Waals surface area (Å²) in [5.74, 6) is -0.0891. The second-order valence-electron chi connectivity index (χ2n) is 7.46. The van der Waals surface area contributed by atoms with E-state index in [0.29, 0.717) is 17.9 Å². The lowest BCUT2D eigenvalue weighted by molar-refractivity contribution is -0.116. The molecule has 1 atom stereocenters. The van der Waals surface area contributed by atoms with Crippen LogP contribution in [0.2, 0.25) is 0 Å². The number of sulfonamides is 1. The minimum Gasteiger partial charge on any atom is -0.372 e. The second kappa shape index (κ2) is 8.89. The summed E-state index contributed by atoms with van der Waals surface area (Å²) in [6.07, 6.45) is 0. The van der Waals surface area contributed by atoms with Crippen LogP contribution in [-0.4, -0.2) is 39.2 Å². The second-order valence-corrected chi connectivity index (χ2v) is 10.6. The average Bonchev–Trinajstić information content (AvgIpc) is 2.69. The Bertz CT molecular complexity index is 1050. The number of carbonyl (C=O) groups excluding carboxylic acids is 1. The first-order chi connectivity index (χ1) is 14.2. The molecule has 1 unspecified atom stereocenters. The number of rotatable bonds is 6. The molecule has 6 nitrogen and oxygen atoms in total. The fourth-order valence-electron chi connectivity index (χ4n) is 3.63. The van der Waals surface area contributed by atoms with Crippen molar-refractivity contribution < 1.29 is 13.2 Å². The van der Waals surface area contributed by atoms with Crippen LogP contribution in [0.5, 0.6) is 0 Å². The number of fused-ring (bicyclic) bond motifs is 1. The number of hydrogen-bond donors (Lipinski definition) is 1. The predicted molar refractivity (Wildman–Crippen MR) is 125 cm³/mol. The van der Waals surface area contributed by atoms with Gasteiger partial charge < -0.3 is 9.80 Å². The van der Waals surface area contributed by atoms with Crippen LogP contribution in [0, 0.1) is 6.92 Å². The van der Waals surface area contributed by atoms with E-state index in [0.717, 1.165) is 29.2 Å². The van der Waals surface area contributed by atoms with Crippen molar-refractivity contribution >= 4 is 44.8 Å². The van der Waals surface area contributed by atoms with Crippen LogP contribution in [-0.2, 0) is 14.8 Å². The van der Waals surface area contributed by atoms with Crippen molar-refractivity contribution in [3.05, 3.63) is 42.0 Å². The van der Waals surface area contributed by atoms with E-state index < -0.39 is 10.0 Å². The van der Waals surface area contributed by atoms with E-state index in [1.165, 1.54) is 6.92 Å². The van der Waals surface area contributed by atoms with Gasteiger partial charge in [-0.05, 0) is 62.7 Å². The molecule has 0 fully saturated rings. The summed E-state index contributed by atoms with van der Waals surface area (Å²) in [7, 11) is -3.79. The first kappa shape index (κ1) is 22.5. The predicted octanol–water partition coefficient (Wildman–Crippen LogP) is 4.49. The number of amides is 1. The highest BCUT2D eigenvalue weighted by Gasteiger charge is 2.27. The molecular formula is C22H29N3O3S2. The van der Waals surface area contributed by atoms with Crippen molar-refractivity contribution in [1.29, 1.82) is 0 Å². The molecule has 3 rings (SSSR count). The summed E-state index contributed by atoms with van der Waals surface area (Å²) in [5.41, 5.74) is 3.13. The highest BCUT2D eigenvalue weighted by molar-refractivity contribution is 8.00. The molecule has 0 bridgehead atoms. The minimum atomic E-state index is -3.79. The Morgan fingerprint density at radius 3 is 2.50 bits per heavy atom. The monoisotopic (exact) mass is 447 g/mol. The number of nitrogens with zero attached hydrogens (tertiary/aromatic N) is 2. The third-order valence-electron chi connectivity index (χ3n) is 5.26. The molecule has 2 aromatic carbocycles. The third-order valence-corrected chi connectivity index (χ3v) is 7.78. The Labute approximate surface area is 183 Å². The first-order valence-corrected chi connectivity index (χ1v) is 12.5. The van der Waals surface area contributed by atoms with Crippen molar-refractivity contribution in [3.8, 4) is 0 Å². The lowest BCUT2D eigenvalue weighted by Crippen LogP contribution is -2.37. The quantitative estimate of drug-likeness (QED) is 0.707. The zero-order valence-corrected chi connectivity index (χ0v) is 19.7. The molecule has 1 aliphatic rings. The van der Waals surface area contributed by atoms with Gasteiger partial charge in [-0.1, -0.05) is 6.92 Å². The Kier molecular flexibility index (Phi) is 6.67. The molecule has 1 amide bonds. The Morgan fingerprint density at radius 1 is 1.20 bits per heavy atom. The minimum absolute atomic E-state index is 0.0891. The normalized spacial score (nSPS) is 16.2. The lowest BCUT2D eigenvalue weighted by Gasteiger charge is -2.32. The van der Waals surface area contributed by atoms with E-state index in [-0.39, 0.29) is 16.1 Å². The molecule has 2 aromatic rings. The van der Waals surface area contributed by atoms with Crippen LogP contribution in [0.25, 0.3) is 0 Å². The Balaban J connectivity index is 1.92. The largest absolute Gasteiger partial charge is 0.372 e. The first-order valence-electron chi connectivity index (χ1n) is 10.1. The Morgan fingerprint density at radius 2 is 1.90 bits per heavy atom. The number of nitrogens with one attached hydrogen (secondary N) is 1. The van der Waals surface area contributed by atoms with E-state index in [9.17, 15) is 13.2 Å². The molecule has 8 heteroatoms. The molecule has 1 heterocycles. The van der Waals surface area contributed by atoms with Gasteiger partial charge in [-0.2, -0.15) is 0 Å². The summed E-state index contributed by atoms with van der Waals surface area (Å²) in [5, 5.41) is 0.258. The van der Waals surface area contributed by atoms with Gasteiger partial charge in [0.1, 0.15) is 0 Å². The molecule has 0 aliphatic carbocycles. The van der Waals surface area contributed by atoms with Crippen molar-refractivity contribution in [3.63, 3.8) is 0 Å². The summed E-state index contributed by atoms with van der Waals surface area (Å²) >= 11 is 1.65. The molecule has 0 saturated carbocycles. The van der Waals surface area contributed by atoms with Gasteiger partial charge in [0, 0.05) is 42.4 Å². The highest BCUT2D eigenvalue weighted by atomic mass is 32.2. The Hall–Kier alpha value is -2.19. The van der Waals surface area contributed by atoms with Gasteiger partial charge in [0.05, 0.1) is 16.3 Å². The maximum absolute atomic E-state index is 13.1. The SMILES string of the molecule is CCN(CC)c1ccc(NS(=O)(=O)c2ccc3c(c2)N(C(C)=O)CC(C)S3)c(C)c1. The summed E-state index contributed by atoms with van der Waals surface area (Å²) in [6.45, 7) is 12.0. The maximum atomic E-state index is 13.1. The van der Waals surface area contributed by atoms with Gasteiger partial charge >= 0.3 is 0 Å². The zero-order chi connectivity index (χ0) is 22.1. The maximum Gasteiger partial charge on any atom is 0.261 e. The number of aryl methyl sites for hydroxylation is 1. The summed E-state index contributed by atoms with van der Waals surface area (Å²) in [4.78, 5) is 17.0. The van der Waals surface area contributed by atoms with Crippen LogP contribution in [0.4, 0.5) is 17.1 Å². The molecule has 162 valence electrons. The fourth-order valence-corrected chi connectivity index (χ4v) is 5.88. The van der Waals surface area contributed by atoms with Gasteiger partial charge in [-0.25, -0.2) is 8.42 Å². The fraction of sp³-hybridized carbons (Fsp3) is 0.409. The molecule has 1 N–H and O–H groups in total. The standard InChI is InChI=1S/C22H29N3O3S2/c1-6-24(7-2)18-8-10-20(15(3)12-18)23-30(27,28)19-9-11-22-21(13-19)25(17(5)26)14-16(4)29-22/h8-13,16,23H,6-7,14H2,1-5H3. The van der Waals surface area contributed by atoms with Crippen LogP contribution >= 0.6 is 11.8 Å².